The number of hydrogen-bond donors (Lipinski definition) is 1. The number of hydrogen-bond acceptors (Lipinski definition) is 3. The Balaban J connectivity index is 1.90. The van der Waals surface area contributed by atoms with Gasteiger partial charge in [0.2, 0.25) is 5.91 Å². The Hall–Kier alpha value is -3.12. The highest BCUT2D eigenvalue weighted by molar-refractivity contribution is 9.10. The Kier molecular flexibility index (Phi) is 10.1. The minimum absolute atomic E-state index is 0.00666. The molecule has 0 aromatic heterocycles. The normalized spacial score (nSPS) is 12.5. The van der Waals surface area contributed by atoms with E-state index in [1.54, 1.807) is 4.90 Å². The fraction of sp³-hybridized carbons (Fsp3) is 0.333. The Morgan fingerprint density at radius 1 is 0.944 bits per heavy atom. The Morgan fingerprint density at radius 2 is 1.64 bits per heavy atom. The highest BCUT2D eigenvalue weighted by atomic mass is 79.9. The second-order valence-electron chi connectivity index (χ2n) is 9.21. The van der Waals surface area contributed by atoms with E-state index in [9.17, 15) is 9.59 Å². The molecule has 0 aliphatic heterocycles. The number of rotatable bonds is 11. The molecule has 5 nitrogen and oxygen atoms in total. The lowest BCUT2D eigenvalue weighted by atomic mass is 10.0. The molecule has 36 heavy (non-hydrogen) atoms. The maximum absolute atomic E-state index is 13.6. The first-order valence-corrected chi connectivity index (χ1v) is 13.1. The molecular formula is C30H35BrN2O3. The standard InChI is InChI=1S/C30H35BrN2O3/c1-5-23(4)32-30(35)28(18-24-9-7-6-8-10-24)33(19-25-12-14-26(31)15-13-25)29(34)20-36-27-16-11-21(2)22(3)17-27/h6-17,23,28H,5,18-20H2,1-4H3,(H,32,35)/t23-,28+/m0/s1. The molecule has 6 heteroatoms. The third-order valence-corrected chi connectivity index (χ3v) is 6.91. The molecule has 1 N–H and O–H groups in total. The van der Waals surface area contributed by atoms with E-state index in [-0.39, 0.29) is 24.5 Å². The molecule has 0 spiro atoms. The average Bonchev–Trinajstić information content (AvgIpc) is 2.88. The zero-order valence-corrected chi connectivity index (χ0v) is 23.0. The van der Waals surface area contributed by atoms with Crippen molar-refractivity contribution in [3.05, 3.63) is 99.5 Å². The fourth-order valence-electron chi connectivity index (χ4n) is 3.81. The number of carbonyl (C=O) groups excluding carboxylic acids is 2. The zero-order chi connectivity index (χ0) is 26.1. The lowest BCUT2D eigenvalue weighted by Gasteiger charge is -2.32. The van der Waals surface area contributed by atoms with Gasteiger partial charge in [0.1, 0.15) is 11.8 Å². The third kappa shape index (κ3) is 7.95. The van der Waals surface area contributed by atoms with Gasteiger partial charge in [0.25, 0.3) is 5.91 Å². The van der Waals surface area contributed by atoms with Crippen LogP contribution in [0.1, 0.15) is 42.5 Å². The summed E-state index contributed by atoms with van der Waals surface area (Å²) in [6.07, 6.45) is 1.22. The lowest BCUT2D eigenvalue weighted by Crippen LogP contribution is -2.53. The van der Waals surface area contributed by atoms with Gasteiger partial charge in [-0.3, -0.25) is 9.59 Å². The molecule has 0 heterocycles. The van der Waals surface area contributed by atoms with Crippen LogP contribution >= 0.6 is 15.9 Å². The van der Waals surface area contributed by atoms with Crippen LogP contribution in [-0.2, 0) is 22.6 Å². The topological polar surface area (TPSA) is 58.6 Å². The summed E-state index contributed by atoms with van der Waals surface area (Å²) in [5.74, 6) is 0.236. The maximum Gasteiger partial charge on any atom is 0.261 e. The summed E-state index contributed by atoms with van der Waals surface area (Å²) in [6.45, 7) is 8.20. The van der Waals surface area contributed by atoms with E-state index in [2.05, 4.69) is 21.2 Å². The van der Waals surface area contributed by atoms with Crippen LogP contribution in [0.15, 0.2) is 77.3 Å². The van der Waals surface area contributed by atoms with Crippen molar-refractivity contribution in [3.63, 3.8) is 0 Å². The molecule has 0 saturated carbocycles. The quantitative estimate of drug-likeness (QED) is 0.318. The summed E-state index contributed by atoms with van der Waals surface area (Å²) in [6, 6.07) is 22.7. The number of nitrogens with zero attached hydrogens (tertiary/aromatic N) is 1. The number of ether oxygens (including phenoxy) is 1. The van der Waals surface area contributed by atoms with E-state index in [0.717, 1.165) is 33.1 Å². The lowest BCUT2D eigenvalue weighted by molar-refractivity contribution is -0.143. The third-order valence-electron chi connectivity index (χ3n) is 6.38. The van der Waals surface area contributed by atoms with Crippen molar-refractivity contribution in [3.8, 4) is 5.75 Å². The van der Waals surface area contributed by atoms with E-state index in [0.29, 0.717) is 18.7 Å². The monoisotopic (exact) mass is 550 g/mol. The van der Waals surface area contributed by atoms with E-state index in [1.807, 2.05) is 100 Å². The van der Waals surface area contributed by atoms with Gasteiger partial charge < -0.3 is 15.0 Å². The SMILES string of the molecule is CC[C@H](C)NC(=O)[C@@H](Cc1ccccc1)N(Cc1ccc(Br)cc1)C(=O)COc1ccc(C)c(C)c1. The smallest absolute Gasteiger partial charge is 0.261 e. The fourth-order valence-corrected chi connectivity index (χ4v) is 4.08. The minimum Gasteiger partial charge on any atom is -0.484 e. The molecule has 0 bridgehead atoms. The summed E-state index contributed by atoms with van der Waals surface area (Å²) in [5.41, 5.74) is 4.19. The van der Waals surface area contributed by atoms with Crippen LogP contribution in [0.2, 0.25) is 0 Å². The minimum atomic E-state index is -0.680. The second-order valence-corrected chi connectivity index (χ2v) is 10.1. The number of aryl methyl sites for hydroxylation is 2. The second kappa shape index (κ2) is 13.3. The van der Waals surface area contributed by atoms with Crippen molar-refractivity contribution in [1.29, 1.82) is 0 Å². The molecule has 0 unspecified atom stereocenters. The summed E-state index contributed by atoms with van der Waals surface area (Å²) in [5, 5.41) is 3.09. The largest absolute Gasteiger partial charge is 0.484 e. The molecule has 2 amide bonds. The van der Waals surface area contributed by atoms with Gasteiger partial charge in [-0.05, 0) is 73.7 Å². The molecule has 0 radical (unpaired) electrons. The van der Waals surface area contributed by atoms with Crippen LogP contribution in [0.3, 0.4) is 0 Å². The Morgan fingerprint density at radius 3 is 2.28 bits per heavy atom. The molecule has 2 atom stereocenters. The van der Waals surface area contributed by atoms with Gasteiger partial charge in [0.05, 0.1) is 0 Å². The van der Waals surface area contributed by atoms with E-state index < -0.39 is 6.04 Å². The van der Waals surface area contributed by atoms with E-state index >= 15 is 0 Å². The van der Waals surface area contributed by atoms with Crippen LogP contribution in [0.4, 0.5) is 0 Å². The molecule has 0 fully saturated rings. The molecule has 0 aliphatic carbocycles. The predicted molar refractivity (Wildman–Crippen MR) is 148 cm³/mol. The first kappa shape index (κ1) is 27.5. The Labute approximate surface area is 223 Å². The van der Waals surface area contributed by atoms with Gasteiger partial charge in [-0.2, -0.15) is 0 Å². The molecule has 3 aromatic carbocycles. The zero-order valence-electron chi connectivity index (χ0n) is 21.5. The molecule has 3 rings (SSSR count). The maximum atomic E-state index is 13.6. The van der Waals surface area contributed by atoms with Crippen molar-refractivity contribution in [1.82, 2.24) is 10.2 Å². The molecule has 190 valence electrons. The van der Waals surface area contributed by atoms with Crippen LogP contribution < -0.4 is 10.1 Å². The van der Waals surface area contributed by atoms with Crippen molar-refractivity contribution in [2.24, 2.45) is 0 Å². The first-order chi connectivity index (χ1) is 17.3. The van der Waals surface area contributed by atoms with Crippen LogP contribution in [-0.4, -0.2) is 35.4 Å². The number of nitrogens with one attached hydrogen (secondary N) is 1. The van der Waals surface area contributed by atoms with Gasteiger partial charge in [0.15, 0.2) is 6.61 Å². The molecule has 3 aromatic rings. The van der Waals surface area contributed by atoms with Crippen LogP contribution in [0, 0.1) is 13.8 Å². The van der Waals surface area contributed by atoms with Crippen molar-refractivity contribution < 1.29 is 14.3 Å². The molecular weight excluding hydrogens is 516 g/mol. The average molecular weight is 552 g/mol. The van der Waals surface area contributed by atoms with Crippen molar-refractivity contribution in [2.75, 3.05) is 6.61 Å². The van der Waals surface area contributed by atoms with Gasteiger partial charge in [-0.25, -0.2) is 0 Å². The summed E-state index contributed by atoms with van der Waals surface area (Å²) < 4.78 is 6.85. The van der Waals surface area contributed by atoms with Crippen LogP contribution in [0.25, 0.3) is 0 Å². The number of amides is 2. The highest BCUT2D eigenvalue weighted by Gasteiger charge is 2.31. The molecule has 0 aliphatic rings. The van der Waals surface area contributed by atoms with Gasteiger partial charge in [-0.15, -0.1) is 0 Å². The van der Waals surface area contributed by atoms with E-state index in [1.165, 1.54) is 0 Å². The summed E-state index contributed by atoms with van der Waals surface area (Å²) >= 11 is 3.47. The summed E-state index contributed by atoms with van der Waals surface area (Å²) in [7, 11) is 0. The van der Waals surface area contributed by atoms with Crippen molar-refractivity contribution >= 4 is 27.7 Å². The highest BCUT2D eigenvalue weighted by Crippen LogP contribution is 2.19. The Bertz CT molecular complexity index is 1150. The predicted octanol–water partition coefficient (Wildman–Crippen LogP) is 6.00. The first-order valence-electron chi connectivity index (χ1n) is 12.3. The van der Waals surface area contributed by atoms with Gasteiger partial charge in [0, 0.05) is 23.5 Å². The molecule has 0 saturated heterocycles. The number of benzene rings is 3. The van der Waals surface area contributed by atoms with Gasteiger partial charge >= 0.3 is 0 Å². The number of carbonyl (C=O) groups is 2. The number of halogens is 1. The summed E-state index contributed by atoms with van der Waals surface area (Å²) in [4.78, 5) is 28.8. The van der Waals surface area contributed by atoms with Crippen molar-refractivity contribution in [2.45, 2.75) is 59.2 Å². The van der Waals surface area contributed by atoms with E-state index in [4.69, 9.17) is 4.74 Å². The van der Waals surface area contributed by atoms with Crippen LogP contribution in [0.5, 0.6) is 5.75 Å². The van der Waals surface area contributed by atoms with Gasteiger partial charge in [-0.1, -0.05) is 71.4 Å².